The zero-order chi connectivity index (χ0) is 19.1. The van der Waals surface area contributed by atoms with Gasteiger partial charge in [-0.3, -0.25) is 5.43 Å². The Kier molecular flexibility index (Phi) is 6.80. The summed E-state index contributed by atoms with van der Waals surface area (Å²) in [6, 6.07) is 9.58. The Labute approximate surface area is 159 Å². The molecule has 0 aromatic heterocycles. The zero-order valence-electron chi connectivity index (χ0n) is 15.5. The molecule has 26 heavy (non-hydrogen) atoms. The lowest BCUT2D eigenvalue weighted by Gasteiger charge is -2.13. The Morgan fingerprint density at radius 1 is 0.962 bits per heavy atom. The molecule has 2 rings (SSSR count). The molecular weight excluding hydrogens is 350 g/mol. The molecule has 0 aliphatic rings. The van der Waals surface area contributed by atoms with Crippen LogP contribution in [0, 0.1) is 13.8 Å². The molecule has 0 amide bonds. The highest BCUT2D eigenvalue weighted by Gasteiger charge is 2.10. The molecule has 0 atom stereocenters. The Hall–Kier alpha value is -2.80. The number of thiocarbonyl (C=S) groups is 1. The van der Waals surface area contributed by atoms with Gasteiger partial charge >= 0.3 is 0 Å². The summed E-state index contributed by atoms with van der Waals surface area (Å²) in [5.41, 5.74) is 6.74. The number of hydrogen-bond donors (Lipinski definition) is 2. The van der Waals surface area contributed by atoms with Crippen LogP contribution in [0.25, 0.3) is 0 Å². The van der Waals surface area contributed by atoms with Crippen molar-refractivity contribution in [2.45, 2.75) is 13.8 Å². The van der Waals surface area contributed by atoms with Crippen LogP contribution < -0.4 is 25.0 Å². The van der Waals surface area contributed by atoms with Gasteiger partial charge < -0.3 is 19.5 Å². The van der Waals surface area contributed by atoms with E-state index in [0.29, 0.717) is 22.4 Å². The molecule has 2 aromatic carbocycles. The average Bonchev–Trinajstić information content (AvgIpc) is 2.64. The molecule has 0 spiro atoms. The van der Waals surface area contributed by atoms with Crippen LogP contribution in [0.2, 0.25) is 0 Å². The first-order chi connectivity index (χ1) is 12.5. The first-order valence-electron chi connectivity index (χ1n) is 7.96. The number of rotatable bonds is 6. The van der Waals surface area contributed by atoms with E-state index in [4.69, 9.17) is 26.4 Å². The van der Waals surface area contributed by atoms with E-state index in [1.54, 1.807) is 39.7 Å². The SMILES string of the molecule is COc1cc(OC)c(OC)cc1/C=N\NC(=S)Nc1c(C)cccc1C. The number of aryl methyl sites for hydroxylation is 2. The highest BCUT2D eigenvalue weighted by molar-refractivity contribution is 7.80. The summed E-state index contributed by atoms with van der Waals surface area (Å²) < 4.78 is 15.9. The fraction of sp³-hybridized carbons (Fsp3) is 0.263. The summed E-state index contributed by atoms with van der Waals surface area (Å²) in [6.07, 6.45) is 1.61. The molecule has 0 heterocycles. The van der Waals surface area contributed by atoms with Gasteiger partial charge in [0.2, 0.25) is 0 Å². The lowest BCUT2D eigenvalue weighted by molar-refractivity contribution is 0.349. The molecule has 0 unspecified atom stereocenters. The largest absolute Gasteiger partial charge is 0.496 e. The van der Waals surface area contributed by atoms with Gasteiger partial charge in [-0.1, -0.05) is 18.2 Å². The van der Waals surface area contributed by atoms with Gasteiger partial charge in [-0.25, -0.2) is 0 Å². The van der Waals surface area contributed by atoms with Gasteiger partial charge in [0, 0.05) is 17.3 Å². The van der Waals surface area contributed by atoms with Gasteiger partial charge in [-0.2, -0.15) is 5.10 Å². The molecule has 0 radical (unpaired) electrons. The fourth-order valence-corrected chi connectivity index (χ4v) is 2.62. The number of ether oxygens (including phenoxy) is 3. The zero-order valence-corrected chi connectivity index (χ0v) is 16.4. The summed E-state index contributed by atoms with van der Waals surface area (Å²) in [5.74, 6) is 1.79. The summed E-state index contributed by atoms with van der Waals surface area (Å²) in [7, 11) is 4.73. The molecule has 138 valence electrons. The highest BCUT2D eigenvalue weighted by Crippen LogP contribution is 2.33. The standard InChI is InChI=1S/C19H23N3O3S/c1-12-7-6-8-13(2)18(12)21-19(26)22-20-11-14-9-16(24-4)17(25-5)10-15(14)23-3/h6-11H,1-5H3,(H2,21,22,26)/b20-11-. The summed E-state index contributed by atoms with van der Waals surface area (Å²) in [5, 5.41) is 7.75. The van der Waals surface area contributed by atoms with E-state index >= 15 is 0 Å². The number of methoxy groups -OCH3 is 3. The first kappa shape index (κ1) is 19.5. The van der Waals surface area contributed by atoms with Gasteiger partial charge in [0.25, 0.3) is 0 Å². The second-order valence-corrected chi connectivity index (χ2v) is 5.95. The maximum absolute atomic E-state index is 5.37. The number of anilines is 1. The van der Waals surface area contributed by atoms with Crippen LogP contribution in [-0.4, -0.2) is 32.7 Å². The van der Waals surface area contributed by atoms with E-state index in [-0.39, 0.29) is 0 Å². The minimum Gasteiger partial charge on any atom is -0.496 e. The third-order valence-corrected chi connectivity index (χ3v) is 4.02. The Morgan fingerprint density at radius 2 is 1.54 bits per heavy atom. The Bertz CT molecular complexity index is 802. The number of hydrazone groups is 1. The second kappa shape index (κ2) is 9.05. The quantitative estimate of drug-likeness (QED) is 0.458. The van der Waals surface area contributed by atoms with Crippen molar-refractivity contribution < 1.29 is 14.2 Å². The normalized spacial score (nSPS) is 10.5. The van der Waals surface area contributed by atoms with Crippen LogP contribution in [0.4, 0.5) is 5.69 Å². The van der Waals surface area contributed by atoms with Crippen molar-refractivity contribution >= 4 is 29.2 Å². The van der Waals surface area contributed by atoms with Gasteiger partial charge in [0.15, 0.2) is 16.6 Å². The number of nitrogens with zero attached hydrogens (tertiary/aromatic N) is 1. The smallest absolute Gasteiger partial charge is 0.191 e. The number of nitrogens with one attached hydrogen (secondary N) is 2. The van der Waals surface area contributed by atoms with Crippen molar-refractivity contribution in [3.63, 3.8) is 0 Å². The van der Waals surface area contributed by atoms with E-state index < -0.39 is 0 Å². The summed E-state index contributed by atoms with van der Waals surface area (Å²) >= 11 is 5.31. The van der Waals surface area contributed by atoms with Crippen molar-refractivity contribution in [1.29, 1.82) is 0 Å². The first-order valence-corrected chi connectivity index (χ1v) is 8.37. The van der Waals surface area contributed by atoms with Crippen molar-refractivity contribution in [2.24, 2.45) is 5.10 Å². The fourth-order valence-electron chi connectivity index (χ4n) is 2.47. The topological polar surface area (TPSA) is 64.1 Å². The van der Waals surface area contributed by atoms with Gasteiger partial charge in [-0.05, 0) is 43.3 Å². The Balaban J connectivity index is 2.11. The van der Waals surface area contributed by atoms with E-state index in [0.717, 1.165) is 22.4 Å². The lowest BCUT2D eigenvalue weighted by Crippen LogP contribution is -2.24. The maximum atomic E-state index is 5.37. The third kappa shape index (κ3) is 4.64. The van der Waals surface area contributed by atoms with E-state index in [1.807, 2.05) is 32.0 Å². The van der Waals surface area contributed by atoms with Crippen molar-refractivity contribution in [3.8, 4) is 17.2 Å². The second-order valence-electron chi connectivity index (χ2n) is 5.54. The predicted octanol–water partition coefficient (Wildman–Crippen LogP) is 3.65. The van der Waals surface area contributed by atoms with Crippen LogP contribution in [0.3, 0.4) is 0 Å². The van der Waals surface area contributed by atoms with E-state index in [9.17, 15) is 0 Å². The van der Waals surface area contributed by atoms with Crippen LogP contribution >= 0.6 is 12.2 Å². The van der Waals surface area contributed by atoms with Crippen LogP contribution in [0.5, 0.6) is 17.2 Å². The molecule has 2 aromatic rings. The average molecular weight is 373 g/mol. The van der Waals surface area contributed by atoms with E-state index in [2.05, 4.69) is 15.8 Å². The summed E-state index contributed by atoms with van der Waals surface area (Å²) in [4.78, 5) is 0. The summed E-state index contributed by atoms with van der Waals surface area (Å²) in [6.45, 7) is 4.05. The molecule has 0 saturated heterocycles. The van der Waals surface area contributed by atoms with E-state index in [1.165, 1.54) is 0 Å². The monoisotopic (exact) mass is 373 g/mol. The maximum Gasteiger partial charge on any atom is 0.191 e. The van der Waals surface area contributed by atoms with Crippen molar-refractivity contribution in [1.82, 2.24) is 5.43 Å². The highest BCUT2D eigenvalue weighted by atomic mass is 32.1. The number of hydrogen-bond acceptors (Lipinski definition) is 5. The molecule has 0 saturated carbocycles. The van der Waals surface area contributed by atoms with Crippen molar-refractivity contribution in [3.05, 3.63) is 47.0 Å². The molecule has 0 aliphatic heterocycles. The molecule has 7 heteroatoms. The molecule has 0 fully saturated rings. The molecule has 0 aliphatic carbocycles. The number of para-hydroxylation sites is 1. The predicted molar refractivity (Wildman–Crippen MR) is 109 cm³/mol. The number of benzene rings is 2. The van der Waals surface area contributed by atoms with Crippen LogP contribution in [0.15, 0.2) is 35.4 Å². The molecule has 2 N–H and O–H groups in total. The van der Waals surface area contributed by atoms with Gasteiger partial charge in [0.1, 0.15) is 5.75 Å². The molecule has 0 bridgehead atoms. The van der Waals surface area contributed by atoms with Crippen LogP contribution in [0.1, 0.15) is 16.7 Å². The Morgan fingerprint density at radius 3 is 2.12 bits per heavy atom. The van der Waals surface area contributed by atoms with Crippen molar-refractivity contribution in [2.75, 3.05) is 26.6 Å². The van der Waals surface area contributed by atoms with Crippen LogP contribution in [-0.2, 0) is 0 Å². The lowest BCUT2D eigenvalue weighted by atomic mass is 10.1. The molecular formula is C19H23N3O3S. The minimum atomic E-state index is 0.401. The minimum absolute atomic E-state index is 0.401. The van der Waals surface area contributed by atoms with Gasteiger partial charge in [-0.15, -0.1) is 0 Å². The third-order valence-electron chi connectivity index (χ3n) is 3.83. The molecule has 6 nitrogen and oxygen atoms in total. The van der Waals surface area contributed by atoms with Gasteiger partial charge in [0.05, 0.1) is 27.5 Å².